The van der Waals surface area contributed by atoms with Crippen molar-refractivity contribution in [2.75, 3.05) is 51.8 Å². The molecule has 1 aromatic rings. The lowest BCUT2D eigenvalue weighted by Crippen LogP contribution is -2.38. The highest BCUT2D eigenvalue weighted by atomic mass is 127. The van der Waals surface area contributed by atoms with Crippen molar-refractivity contribution in [3.05, 3.63) is 30.3 Å². The molecule has 0 radical (unpaired) electrons. The van der Waals surface area contributed by atoms with E-state index in [0.29, 0.717) is 0 Å². The van der Waals surface area contributed by atoms with Gasteiger partial charge in [0.15, 0.2) is 5.96 Å². The van der Waals surface area contributed by atoms with E-state index < -0.39 is 0 Å². The van der Waals surface area contributed by atoms with Crippen molar-refractivity contribution in [2.24, 2.45) is 4.99 Å². The van der Waals surface area contributed by atoms with E-state index in [0.717, 1.165) is 51.6 Å². The summed E-state index contributed by atoms with van der Waals surface area (Å²) in [7, 11) is 3.84. The highest BCUT2D eigenvalue weighted by Gasteiger charge is 2.00. The van der Waals surface area contributed by atoms with Crippen LogP contribution in [0, 0.1) is 0 Å². The van der Waals surface area contributed by atoms with Crippen molar-refractivity contribution in [1.82, 2.24) is 10.6 Å². The number of rotatable bonds is 10. The van der Waals surface area contributed by atoms with Crippen LogP contribution in [0.5, 0.6) is 0 Å². The Morgan fingerprint density at radius 1 is 1.17 bits per heavy atom. The SMILES string of the molecule is CCNC(=NCCCN(C)c1ccccc1)NCCCOC.I. The van der Waals surface area contributed by atoms with Crippen molar-refractivity contribution in [1.29, 1.82) is 0 Å². The number of methoxy groups -OCH3 is 1. The molecule has 2 N–H and O–H groups in total. The number of anilines is 1. The number of halogens is 1. The molecule has 0 fully saturated rings. The summed E-state index contributed by atoms with van der Waals surface area (Å²) in [6.07, 6.45) is 2.01. The summed E-state index contributed by atoms with van der Waals surface area (Å²) in [4.78, 5) is 6.86. The number of nitrogens with one attached hydrogen (secondary N) is 2. The van der Waals surface area contributed by atoms with Gasteiger partial charge < -0.3 is 20.3 Å². The zero-order valence-electron chi connectivity index (χ0n) is 14.5. The predicted molar refractivity (Wildman–Crippen MR) is 110 cm³/mol. The van der Waals surface area contributed by atoms with Crippen LogP contribution in [-0.2, 0) is 4.74 Å². The Kier molecular flexibility index (Phi) is 13.9. The maximum atomic E-state index is 5.04. The Hall–Kier alpha value is -1.02. The molecule has 0 bridgehead atoms. The Morgan fingerprint density at radius 3 is 2.57 bits per heavy atom. The summed E-state index contributed by atoms with van der Waals surface area (Å²) in [5, 5.41) is 6.58. The van der Waals surface area contributed by atoms with Crippen LogP contribution in [0.15, 0.2) is 35.3 Å². The van der Waals surface area contributed by atoms with Crippen LogP contribution in [0.3, 0.4) is 0 Å². The Bertz CT molecular complexity index is 414. The number of nitrogens with zero attached hydrogens (tertiary/aromatic N) is 2. The van der Waals surface area contributed by atoms with Gasteiger partial charge in [0.05, 0.1) is 0 Å². The third kappa shape index (κ3) is 10.4. The normalized spacial score (nSPS) is 10.8. The lowest BCUT2D eigenvalue weighted by atomic mass is 10.3. The molecule has 5 nitrogen and oxygen atoms in total. The molecule has 0 saturated carbocycles. The van der Waals surface area contributed by atoms with Crippen molar-refractivity contribution in [3.63, 3.8) is 0 Å². The molecule has 1 rings (SSSR count). The highest BCUT2D eigenvalue weighted by molar-refractivity contribution is 14.0. The molecule has 0 atom stereocenters. The average molecular weight is 434 g/mol. The summed E-state index contributed by atoms with van der Waals surface area (Å²) in [6.45, 7) is 6.42. The molecule has 1 aromatic carbocycles. The van der Waals surface area contributed by atoms with Gasteiger partial charge in [0.2, 0.25) is 0 Å². The van der Waals surface area contributed by atoms with Crippen LogP contribution in [0.4, 0.5) is 5.69 Å². The minimum absolute atomic E-state index is 0. The van der Waals surface area contributed by atoms with Gasteiger partial charge in [-0.3, -0.25) is 4.99 Å². The van der Waals surface area contributed by atoms with E-state index in [1.165, 1.54) is 5.69 Å². The quantitative estimate of drug-likeness (QED) is 0.257. The first-order valence-electron chi connectivity index (χ1n) is 8.05. The van der Waals surface area contributed by atoms with Gasteiger partial charge in [-0.05, 0) is 31.9 Å². The number of ether oxygens (including phenoxy) is 1. The van der Waals surface area contributed by atoms with E-state index in [-0.39, 0.29) is 24.0 Å². The van der Waals surface area contributed by atoms with E-state index in [1.807, 2.05) is 6.07 Å². The second kappa shape index (κ2) is 14.6. The van der Waals surface area contributed by atoms with E-state index in [2.05, 4.69) is 58.8 Å². The van der Waals surface area contributed by atoms with Crippen molar-refractivity contribution < 1.29 is 4.74 Å². The van der Waals surface area contributed by atoms with Gasteiger partial charge in [-0.2, -0.15) is 0 Å². The summed E-state index contributed by atoms with van der Waals surface area (Å²) in [5.74, 6) is 0.890. The number of guanidine groups is 1. The van der Waals surface area contributed by atoms with E-state index in [4.69, 9.17) is 4.74 Å². The van der Waals surface area contributed by atoms with Crippen molar-refractivity contribution >= 4 is 35.6 Å². The summed E-state index contributed by atoms with van der Waals surface area (Å²) in [5.41, 5.74) is 1.25. The van der Waals surface area contributed by atoms with Crippen LogP contribution < -0.4 is 15.5 Å². The minimum atomic E-state index is 0. The average Bonchev–Trinajstić information content (AvgIpc) is 2.56. The summed E-state index contributed by atoms with van der Waals surface area (Å²) < 4.78 is 5.04. The van der Waals surface area contributed by atoms with Crippen molar-refractivity contribution in [2.45, 2.75) is 19.8 Å². The van der Waals surface area contributed by atoms with Gasteiger partial charge in [0.25, 0.3) is 0 Å². The molecule has 0 saturated heterocycles. The highest BCUT2D eigenvalue weighted by Crippen LogP contribution is 2.10. The molecule has 0 heterocycles. The fraction of sp³-hybridized carbons (Fsp3) is 0.588. The molecule has 0 spiro atoms. The molecular formula is C17H31IN4O. The number of hydrogen-bond donors (Lipinski definition) is 2. The predicted octanol–water partition coefficient (Wildman–Crippen LogP) is 2.72. The maximum absolute atomic E-state index is 5.04. The van der Waals surface area contributed by atoms with E-state index in [1.54, 1.807) is 7.11 Å². The molecule has 0 amide bonds. The zero-order chi connectivity index (χ0) is 16.0. The Morgan fingerprint density at radius 2 is 1.91 bits per heavy atom. The fourth-order valence-electron chi connectivity index (χ4n) is 2.08. The first kappa shape index (κ1) is 22.0. The third-order valence-electron chi connectivity index (χ3n) is 3.28. The zero-order valence-corrected chi connectivity index (χ0v) is 16.9. The molecule has 0 aliphatic heterocycles. The second-order valence-electron chi connectivity index (χ2n) is 5.14. The van der Waals surface area contributed by atoms with Crippen LogP contribution >= 0.6 is 24.0 Å². The maximum Gasteiger partial charge on any atom is 0.191 e. The Labute approximate surface area is 157 Å². The summed E-state index contributed by atoms with van der Waals surface area (Å²) >= 11 is 0. The van der Waals surface area contributed by atoms with Gasteiger partial charge in [-0.1, -0.05) is 18.2 Å². The van der Waals surface area contributed by atoms with Crippen LogP contribution in [0.2, 0.25) is 0 Å². The van der Waals surface area contributed by atoms with Gasteiger partial charge in [0, 0.05) is 52.6 Å². The Balaban J connectivity index is 0.00000484. The first-order valence-corrected chi connectivity index (χ1v) is 8.05. The van der Waals surface area contributed by atoms with Crippen LogP contribution in [0.25, 0.3) is 0 Å². The monoisotopic (exact) mass is 434 g/mol. The van der Waals surface area contributed by atoms with Gasteiger partial charge in [0.1, 0.15) is 0 Å². The number of aliphatic imine (C=N–C) groups is 1. The number of para-hydroxylation sites is 1. The smallest absolute Gasteiger partial charge is 0.191 e. The molecule has 23 heavy (non-hydrogen) atoms. The fourth-order valence-corrected chi connectivity index (χ4v) is 2.08. The second-order valence-corrected chi connectivity index (χ2v) is 5.14. The molecule has 0 aliphatic carbocycles. The van der Waals surface area contributed by atoms with Crippen LogP contribution in [0.1, 0.15) is 19.8 Å². The first-order chi connectivity index (χ1) is 10.8. The largest absolute Gasteiger partial charge is 0.385 e. The topological polar surface area (TPSA) is 48.9 Å². The van der Waals surface area contributed by atoms with Gasteiger partial charge >= 0.3 is 0 Å². The standard InChI is InChI=1S/C17H30N4O.HI/c1-4-18-17(20-13-9-15-22-3)19-12-8-14-21(2)16-10-6-5-7-11-16;/h5-7,10-11H,4,8-9,12-15H2,1-3H3,(H2,18,19,20);1H. The lowest BCUT2D eigenvalue weighted by molar-refractivity contribution is 0.195. The number of hydrogen-bond acceptors (Lipinski definition) is 3. The number of benzene rings is 1. The minimum Gasteiger partial charge on any atom is -0.385 e. The van der Waals surface area contributed by atoms with Crippen LogP contribution in [-0.4, -0.2) is 52.9 Å². The molecule has 0 unspecified atom stereocenters. The molecule has 0 aliphatic rings. The molecular weight excluding hydrogens is 403 g/mol. The van der Waals surface area contributed by atoms with Gasteiger partial charge in [-0.15, -0.1) is 24.0 Å². The molecule has 132 valence electrons. The summed E-state index contributed by atoms with van der Waals surface area (Å²) in [6, 6.07) is 10.4. The van der Waals surface area contributed by atoms with E-state index in [9.17, 15) is 0 Å². The molecule has 0 aromatic heterocycles. The third-order valence-corrected chi connectivity index (χ3v) is 3.28. The lowest BCUT2D eigenvalue weighted by Gasteiger charge is -2.18. The van der Waals surface area contributed by atoms with E-state index >= 15 is 0 Å². The van der Waals surface area contributed by atoms with Crippen molar-refractivity contribution in [3.8, 4) is 0 Å². The molecule has 6 heteroatoms. The van der Waals surface area contributed by atoms with Gasteiger partial charge in [-0.25, -0.2) is 0 Å².